The molecule has 4 bridgehead atoms. The maximum Gasteiger partial charge on any atom is 0.203 e. The monoisotopic (exact) mass is 246 g/mol. The fourth-order valence-electron chi connectivity index (χ4n) is 5.37. The van der Waals surface area contributed by atoms with Crippen LogP contribution in [0.2, 0.25) is 0 Å². The molecule has 0 spiro atoms. The molecule has 0 aromatic carbocycles. The largest absolute Gasteiger partial charge is 0.490 e. The zero-order valence-electron chi connectivity index (χ0n) is 11.0. The Morgan fingerprint density at radius 1 is 1.11 bits per heavy atom. The highest BCUT2D eigenvalue weighted by Gasteiger charge is 2.55. The standard InChI is InChI=1S/C16H22O2/c17-15(14-3-1-2-4-18-14)16-8-11-5-12(9-16)7-13(6-11)10-16/h3,11-13H,1-2,4-10H2. The second kappa shape index (κ2) is 3.85. The number of carbonyl (C=O) groups is 1. The van der Waals surface area contributed by atoms with Crippen molar-refractivity contribution in [1.82, 2.24) is 0 Å². The second-order valence-electron chi connectivity index (χ2n) is 7.09. The van der Waals surface area contributed by atoms with Crippen molar-refractivity contribution >= 4 is 5.78 Å². The number of rotatable bonds is 2. The van der Waals surface area contributed by atoms with E-state index in [1.807, 2.05) is 6.08 Å². The Balaban J connectivity index is 1.63. The third kappa shape index (κ3) is 1.57. The van der Waals surface area contributed by atoms with Crippen LogP contribution >= 0.6 is 0 Å². The first kappa shape index (κ1) is 11.1. The molecule has 5 rings (SSSR count). The summed E-state index contributed by atoms with van der Waals surface area (Å²) in [4.78, 5) is 12.9. The summed E-state index contributed by atoms with van der Waals surface area (Å²) >= 11 is 0. The van der Waals surface area contributed by atoms with Crippen LogP contribution in [0.15, 0.2) is 11.8 Å². The molecule has 2 heteroatoms. The van der Waals surface area contributed by atoms with Gasteiger partial charge in [0.05, 0.1) is 6.61 Å². The summed E-state index contributed by atoms with van der Waals surface area (Å²) < 4.78 is 5.64. The van der Waals surface area contributed by atoms with Crippen LogP contribution in [0.3, 0.4) is 0 Å². The third-order valence-corrected chi connectivity index (χ3v) is 5.68. The van der Waals surface area contributed by atoms with Gasteiger partial charge in [0.1, 0.15) is 0 Å². The molecule has 0 aromatic heterocycles. The van der Waals surface area contributed by atoms with Crippen LogP contribution in [0.4, 0.5) is 0 Å². The quantitative estimate of drug-likeness (QED) is 0.745. The average Bonchev–Trinajstić information content (AvgIpc) is 2.37. The van der Waals surface area contributed by atoms with E-state index in [0.29, 0.717) is 11.5 Å². The average molecular weight is 246 g/mol. The molecule has 0 amide bonds. The Bertz CT molecular complexity index is 372. The van der Waals surface area contributed by atoms with E-state index in [1.54, 1.807) is 0 Å². The van der Waals surface area contributed by atoms with Gasteiger partial charge >= 0.3 is 0 Å². The van der Waals surface area contributed by atoms with Crippen LogP contribution in [0, 0.1) is 23.2 Å². The topological polar surface area (TPSA) is 26.3 Å². The highest BCUT2D eigenvalue weighted by Crippen LogP contribution is 2.61. The van der Waals surface area contributed by atoms with E-state index in [-0.39, 0.29) is 5.41 Å². The minimum Gasteiger partial charge on any atom is -0.490 e. The fourth-order valence-corrected chi connectivity index (χ4v) is 5.37. The molecule has 1 heterocycles. The minimum atomic E-state index is -0.0159. The molecule has 0 radical (unpaired) electrons. The van der Waals surface area contributed by atoms with Gasteiger partial charge in [0, 0.05) is 5.41 Å². The number of ether oxygens (including phenoxy) is 1. The summed E-state index contributed by atoms with van der Waals surface area (Å²) in [7, 11) is 0. The number of carbonyl (C=O) groups excluding carboxylic acids is 1. The van der Waals surface area contributed by atoms with E-state index in [9.17, 15) is 4.79 Å². The van der Waals surface area contributed by atoms with E-state index in [0.717, 1.165) is 56.5 Å². The molecular weight excluding hydrogens is 224 g/mol. The predicted octanol–water partition coefficient (Wildman–Crippen LogP) is 3.47. The van der Waals surface area contributed by atoms with Crippen molar-refractivity contribution in [1.29, 1.82) is 0 Å². The predicted molar refractivity (Wildman–Crippen MR) is 68.9 cm³/mol. The van der Waals surface area contributed by atoms with E-state index < -0.39 is 0 Å². The van der Waals surface area contributed by atoms with Crippen molar-refractivity contribution in [2.45, 2.75) is 51.4 Å². The molecule has 18 heavy (non-hydrogen) atoms. The van der Waals surface area contributed by atoms with Gasteiger partial charge < -0.3 is 4.74 Å². The lowest BCUT2D eigenvalue weighted by atomic mass is 9.48. The zero-order chi connectivity index (χ0) is 12.2. The van der Waals surface area contributed by atoms with E-state index in [4.69, 9.17) is 4.74 Å². The van der Waals surface area contributed by atoms with Gasteiger partial charge in [-0.1, -0.05) is 0 Å². The molecule has 98 valence electrons. The van der Waals surface area contributed by atoms with Crippen molar-refractivity contribution in [2.75, 3.05) is 6.61 Å². The fraction of sp³-hybridized carbons (Fsp3) is 0.812. The highest BCUT2D eigenvalue weighted by molar-refractivity contribution is 5.98. The Morgan fingerprint density at radius 2 is 1.72 bits per heavy atom. The lowest BCUT2D eigenvalue weighted by Crippen LogP contribution is -2.50. The van der Waals surface area contributed by atoms with Gasteiger partial charge in [0.15, 0.2) is 5.76 Å². The third-order valence-electron chi connectivity index (χ3n) is 5.68. The van der Waals surface area contributed by atoms with Crippen LogP contribution in [0.5, 0.6) is 0 Å². The van der Waals surface area contributed by atoms with Gasteiger partial charge in [-0.15, -0.1) is 0 Å². The Morgan fingerprint density at radius 3 is 2.22 bits per heavy atom. The summed E-state index contributed by atoms with van der Waals surface area (Å²) in [5.41, 5.74) is -0.0159. The number of hydrogen-bond donors (Lipinski definition) is 0. The molecule has 0 atom stereocenters. The zero-order valence-corrected chi connectivity index (χ0v) is 11.0. The number of ketones is 1. The molecule has 4 saturated carbocycles. The summed E-state index contributed by atoms with van der Waals surface area (Å²) in [6.45, 7) is 0.740. The van der Waals surface area contributed by atoms with Gasteiger partial charge in [-0.05, 0) is 75.2 Å². The summed E-state index contributed by atoms with van der Waals surface area (Å²) in [5, 5.41) is 0. The van der Waals surface area contributed by atoms with Crippen molar-refractivity contribution in [3.05, 3.63) is 11.8 Å². The lowest BCUT2D eigenvalue weighted by Gasteiger charge is -2.55. The summed E-state index contributed by atoms with van der Waals surface area (Å²) in [6, 6.07) is 0. The number of allylic oxidation sites excluding steroid dienone is 2. The molecule has 5 aliphatic rings. The molecule has 1 aliphatic heterocycles. The SMILES string of the molecule is O=C(C1=CCCCO1)C12CC3CC(CC(C3)C1)C2. The van der Waals surface area contributed by atoms with E-state index in [2.05, 4.69) is 0 Å². The van der Waals surface area contributed by atoms with Gasteiger partial charge in [-0.25, -0.2) is 0 Å². The van der Waals surface area contributed by atoms with Gasteiger partial charge in [0.25, 0.3) is 0 Å². The van der Waals surface area contributed by atoms with Crippen LogP contribution in [0.1, 0.15) is 51.4 Å². The minimum absolute atomic E-state index is 0.0159. The number of Topliss-reactive ketones (excluding diaryl/α,β-unsaturated/α-hetero) is 1. The maximum absolute atomic E-state index is 12.9. The summed E-state index contributed by atoms with van der Waals surface area (Å²) in [6.07, 6.45) is 11.8. The molecule has 0 aromatic rings. The molecule has 0 unspecified atom stereocenters. The van der Waals surface area contributed by atoms with E-state index >= 15 is 0 Å². The Hall–Kier alpha value is -0.790. The maximum atomic E-state index is 12.9. The van der Waals surface area contributed by atoms with Gasteiger partial charge in [-0.3, -0.25) is 4.79 Å². The van der Waals surface area contributed by atoms with Crippen molar-refractivity contribution < 1.29 is 9.53 Å². The van der Waals surface area contributed by atoms with Gasteiger partial charge in [-0.2, -0.15) is 0 Å². The van der Waals surface area contributed by atoms with Crippen molar-refractivity contribution in [3.63, 3.8) is 0 Å². The van der Waals surface area contributed by atoms with Crippen molar-refractivity contribution in [2.24, 2.45) is 23.2 Å². The number of hydrogen-bond acceptors (Lipinski definition) is 2. The Kier molecular flexibility index (Phi) is 2.37. The van der Waals surface area contributed by atoms with Crippen LogP contribution < -0.4 is 0 Å². The first-order valence-electron chi connectivity index (χ1n) is 7.63. The van der Waals surface area contributed by atoms with Crippen molar-refractivity contribution in [3.8, 4) is 0 Å². The first-order valence-corrected chi connectivity index (χ1v) is 7.63. The van der Waals surface area contributed by atoms with Crippen LogP contribution in [-0.4, -0.2) is 12.4 Å². The molecule has 0 saturated heterocycles. The molecule has 0 N–H and O–H groups in total. The summed E-state index contributed by atoms with van der Waals surface area (Å²) in [5.74, 6) is 3.59. The molecule has 4 fully saturated rings. The first-order chi connectivity index (χ1) is 8.75. The lowest BCUT2D eigenvalue weighted by molar-refractivity contribution is -0.143. The molecule has 2 nitrogen and oxygen atoms in total. The highest BCUT2D eigenvalue weighted by atomic mass is 16.5. The van der Waals surface area contributed by atoms with Crippen LogP contribution in [0.25, 0.3) is 0 Å². The Labute approximate surface area is 109 Å². The van der Waals surface area contributed by atoms with E-state index in [1.165, 1.54) is 19.3 Å². The molecule has 4 aliphatic carbocycles. The normalized spacial score (nSPS) is 45.6. The van der Waals surface area contributed by atoms with Crippen LogP contribution in [-0.2, 0) is 9.53 Å². The smallest absolute Gasteiger partial charge is 0.203 e. The second-order valence-corrected chi connectivity index (χ2v) is 7.09. The van der Waals surface area contributed by atoms with Gasteiger partial charge in [0.2, 0.25) is 5.78 Å². The molecular formula is C16H22O2.